The van der Waals surface area contributed by atoms with Gasteiger partial charge in [0.1, 0.15) is 6.01 Å². The Balaban J connectivity index is 3.00. The summed E-state index contributed by atoms with van der Waals surface area (Å²) in [4.78, 5) is 0.610. The van der Waals surface area contributed by atoms with Crippen LogP contribution >= 0.6 is 35.0 Å². The fourth-order valence-corrected chi connectivity index (χ4v) is 1.92. The summed E-state index contributed by atoms with van der Waals surface area (Å²) < 4.78 is 11.9. The number of halogens is 3. The first-order valence-electron chi connectivity index (χ1n) is 2.88. The molecule has 0 atom stereocenters. The van der Waals surface area contributed by atoms with E-state index < -0.39 is 6.01 Å². The van der Waals surface area contributed by atoms with Crippen LogP contribution in [0.1, 0.15) is 0 Å². The van der Waals surface area contributed by atoms with E-state index in [1.165, 1.54) is 0 Å². The Bertz CT molecular complexity index is 232. The smallest absolute Gasteiger partial charge is 0.139 e. The maximum absolute atomic E-state index is 11.9. The molecule has 0 unspecified atom stereocenters. The zero-order chi connectivity index (χ0) is 8.27. The van der Waals surface area contributed by atoms with Gasteiger partial charge in [0.2, 0.25) is 0 Å². The summed E-state index contributed by atoms with van der Waals surface area (Å²) in [5.74, 6) is 0. The normalized spacial score (nSPS) is 10.1. The lowest BCUT2D eigenvalue weighted by Gasteiger charge is -2.01. The minimum atomic E-state index is -0.510. The molecule has 11 heavy (non-hydrogen) atoms. The molecule has 0 N–H and O–H groups in total. The lowest BCUT2D eigenvalue weighted by atomic mass is 10.4. The van der Waals surface area contributed by atoms with Gasteiger partial charge in [0.25, 0.3) is 0 Å². The van der Waals surface area contributed by atoms with Crippen molar-refractivity contribution in [2.24, 2.45) is 0 Å². The third kappa shape index (κ3) is 2.26. The molecule has 0 bridgehead atoms. The van der Waals surface area contributed by atoms with E-state index in [9.17, 15) is 4.39 Å². The summed E-state index contributed by atoms with van der Waals surface area (Å²) in [5.41, 5.74) is 0. The van der Waals surface area contributed by atoms with Gasteiger partial charge in [-0.15, -0.1) is 0 Å². The molecule has 1 rings (SSSR count). The zero-order valence-corrected chi connectivity index (χ0v) is 7.81. The molecule has 0 aliphatic carbocycles. The molecular weight excluding hydrogens is 206 g/mol. The van der Waals surface area contributed by atoms with Crippen molar-refractivity contribution in [2.75, 3.05) is 6.01 Å². The molecule has 0 fully saturated rings. The van der Waals surface area contributed by atoms with Gasteiger partial charge in [0.15, 0.2) is 0 Å². The molecule has 0 aliphatic heterocycles. The van der Waals surface area contributed by atoms with Gasteiger partial charge in [0.05, 0.1) is 10.0 Å². The highest BCUT2D eigenvalue weighted by atomic mass is 35.5. The first-order chi connectivity index (χ1) is 5.25. The molecule has 0 saturated heterocycles. The number of benzene rings is 1. The molecule has 0 heterocycles. The van der Waals surface area contributed by atoms with Gasteiger partial charge in [0, 0.05) is 4.90 Å². The Kier molecular flexibility index (Phi) is 3.49. The van der Waals surface area contributed by atoms with Crippen LogP contribution in [0.15, 0.2) is 23.1 Å². The Hall–Kier alpha value is 0.0800. The predicted molar refractivity (Wildman–Crippen MR) is 48.3 cm³/mol. The SMILES string of the molecule is FCSc1c(Cl)cccc1Cl. The first-order valence-corrected chi connectivity index (χ1v) is 4.62. The highest BCUT2D eigenvalue weighted by Gasteiger charge is 2.04. The van der Waals surface area contributed by atoms with Gasteiger partial charge in [-0.1, -0.05) is 41.0 Å². The van der Waals surface area contributed by atoms with Gasteiger partial charge in [-0.25, -0.2) is 4.39 Å². The van der Waals surface area contributed by atoms with Gasteiger partial charge >= 0.3 is 0 Å². The van der Waals surface area contributed by atoms with Crippen LogP contribution in [-0.2, 0) is 0 Å². The van der Waals surface area contributed by atoms with Gasteiger partial charge in [-0.3, -0.25) is 0 Å². The fourth-order valence-electron chi connectivity index (χ4n) is 0.675. The number of rotatable bonds is 2. The third-order valence-electron chi connectivity index (χ3n) is 1.12. The molecule has 0 aliphatic rings. The van der Waals surface area contributed by atoms with Crippen molar-refractivity contribution in [2.45, 2.75) is 4.90 Å². The molecule has 0 amide bonds. The van der Waals surface area contributed by atoms with Crippen molar-refractivity contribution in [3.05, 3.63) is 28.2 Å². The third-order valence-corrected chi connectivity index (χ3v) is 2.81. The average molecular weight is 211 g/mol. The lowest BCUT2D eigenvalue weighted by molar-refractivity contribution is 0.606. The van der Waals surface area contributed by atoms with Crippen LogP contribution in [0.3, 0.4) is 0 Å². The van der Waals surface area contributed by atoms with Crippen molar-refractivity contribution in [3.63, 3.8) is 0 Å². The number of hydrogen-bond acceptors (Lipinski definition) is 1. The van der Waals surface area contributed by atoms with Crippen LogP contribution in [0.25, 0.3) is 0 Å². The van der Waals surface area contributed by atoms with Crippen molar-refractivity contribution in [1.82, 2.24) is 0 Å². The summed E-state index contributed by atoms with van der Waals surface area (Å²) in [5, 5.41) is 1.00. The molecule has 1 aromatic rings. The second kappa shape index (κ2) is 4.19. The van der Waals surface area contributed by atoms with Crippen molar-refractivity contribution >= 4 is 35.0 Å². The molecule has 0 radical (unpaired) electrons. The molecule has 0 nitrogen and oxygen atoms in total. The Morgan fingerprint density at radius 1 is 1.27 bits per heavy atom. The minimum Gasteiger partial charge on any atom is -0.239 e. The van der Waals surface area contributed by atoms with Crippen LogP contribution in [-0.4, -0.2) is 6.01 Å². The summed E-state index contributed by atoms with van der Waals surface area (Å²) in [6.45, 7) is 0. The van der Waals surface area contributed by atoms with E-state index in [2.05, 4.69) is 0 Å². The largest absolute Gasteiger partial charge is 0.239 e. The Morgan fingerprint density at radius 2 is 1.82 bits per heavy atom. The van der Waals surface area contributed by atoms with E-state index in [4.69, 9.17) is 23.2 Å². The zero-order valence-electron chi connectivity index (χ0n) is 5.48. The standard InChI is InChI=1S/C7H5Cl2FS/c8-5-2-1-3-6(9)7(5)11-4-10/h1-3H,4H2. The quantitative estimate of drug-likeness (QED) is 0.666. The van der Waals surface area contributed by atoms with E-state index in [1.54, 1.807) is 18.2 Å². The first kappa shape index (κ1) is 9.17. The van der Waals surface area contributed by atoms with Crippen molar-refractivity contribution < 1.29 is 4.39 Å². The second-order valence-electron chi connectivity index (χ2n) is 1.80. The lowest BCUT2D eigenvalue weighted by Crippen LogP contribution is -1.76. The van der Waals surface area contributed by atoms with Gasteiger partial charge in [-0.2, -0.15) is 0 Å². The topological polar surface area (TPSA) is 0 Å². The Morgan fingerprint density at radius 3 is 2.27 bits per heavy atom. The maximum atomic E-state index is 11.9. The van der Waals surface area contributed by atoms with E-state index in [0.29, 0.717) is 14.9 Å². The number of hydrogen-bond donors (Lipinski definition) is 0. The van der Waals surface area contributed by atoms with Crippen LogP contribution in [0, 0.1) is 0 Å². The Labute approximate surface area is 78.7 Å². The summed E-state index contributed by atoms with van der Waals surface area (Å²) in [7, 11) is 0. The van der Waals surface area contributed by atoms with E-state index in [0.717, 1.165) is 11.8 Å². The average Bonchev–Trinajstić information content (AvgIpc) is 1.97. The highest BCUT2D eigenvalue weighted by Crippen LogP contribution is 2.33. The molecule has 0 spiro atoms. The van der Waals surface area contributed by atoms with Crippen molar-refractivity contribution in [3.8, 4) is 0 Å². The number of thioether (sulfide) groups is 1. The monoisotopic (exact) mass is 210 g/mol. The molecule has 60 valence electrons. The molecule has 0 saturated carbocycles. The van der Waals surface area contributed by atoms with Crippen LogP contribution in [0.5, 0.6) is 0 Å². The molecule has 1 aromatic carbocycles. The van der Waals surface area contributed by atoms with E-state index in [1.807, 2.05) is 0 Å². The predicted octanol–water partition coefficient (Wildman–Crippen LogP) is 4.01. The maximum Gasteiger partial charge on any atom is 0.139 e. The molecule has 4 heteroatoms. The minimum absolute atomic E-state index is 0.500. The van der Waals surface area contributed by atoms with Crippen LogP contribution in [0.4, 0.5) is 4.39 Å². The van der Waals surface area contributed by atoms with Gasteiger partial charge < -0.3 is 0 Å². The second-order valence-corrected chi connectivity index (χ2v) is 3.53. The fraction of sp³-hybridized carbons (Fsp3) is 0.143. The van der Waals surface area contributed by atoms with Crippen molar-refractivity contribution in [1.29, 1.82) is 0 Å². The van der Waals surface area contributed by atoms with Gasteiger partial charge in [-0.05, 0) is 12.1 Å². The summed E-state index contributed by atoms with van der Waals surface area (Å²) in [6.07, 6.45) is 0. The molecule has 0 aromatic heterocycles. The molecular formula is C7H5Cl2FS. The van der Waals surface area contributed by atoms with Crippen LogP contribution < -0.4 is 0 Å². The van der Waals surface area contributed by atoms with E-state index >= 15 is 0 Å². The summed E-state index contributed by atoms with van der Waals surface area (Å²) in [6, 6.07) is 4.59. The van der Waals surface area contributed by atoms with E-state index in [-0.39, 0.29) is 0 Å². The highest BCUT2D eigenvalue weighted by molar-refractivity contribution is 7.99. The number of alkyl halides is 1. The van der Waals surface area contributed by atoms with Crippen LogP contribution in [0.2, 0.25) is 10.0 Å². The summed E-state index contributed by atoms with van der Waals surface area (Å²) >= 11 is 12.5.